The number of para-hydroxylation sites is 1. The minimum atomic E-state index is -0.340. The number of aryl methyl sites for hydroxylation is 1. The third kappa shape index (κ3) is 8.08. The number of anilines is 3. The van der Waals surface area contributed by atoms with Gasteiger partial charge in [0.15, 0.2) is 0 Å². The van der Waals surface area contributed by atoms with Gasteiger partial charge in [0.1, 0.15) is 0 Å². The zero-order chi connectivity index (χ0) is 28.4. The third-order valence-corrected chi connectivity index (χ3v) is 8.03. The first-order chi connectivity index (χ1) is 20.0. The summed E-state index contributed by atoms with van der Waals surface area (Å²) in [6.07, 6.45) is 3.24. The first kappa shape index (κ1) is 28.6. The van der Waals surface area contributed by atoms with E-state index in [1.54, 1.807) is 6.07 Å². The van der Waals surface area contributed by atoms with Gasteiger partial charge < -0.3 is 25.6 Å². The van der Waals surface area contributed by atoms with Crippen LogP contribution in [0, 0.1) is 12.8 Å². The van der Waals surface area contributed by atoms with E-state index < -0.39 is 0 Å². The molecular weight excluding hydrogens is 514 g/mol. The Morgan fingerprint density at radius 2 is 1.61 bits per heavy atom. The van der Waals surface area contributed by atoms with Crippen LogP contribution in [0.2, 0.25) is 0 Å². The van der Waals surface area contributed by atoms with Crippen LogP contribution in [0.4, 0.5) is 21.9 Å². The van der Waals surface area contributed by atoms with Crippen molar-refractivity contribution in [2.75, 3.05) is 68.0 Å². The molecule has 5 rings (SSSR count). The second-order valence-electron chi connectivity index (χ2n) is 11.0. The Hall–Kier alpha value is -3.88. The molecule has 3 aromatic rings. The Morgan fingerprint density at radius 3 is 2.37 bits per heavy atom. The number of carbonyl (C=O) groups is 2. The number of carbonyl (C=O) groups excluding carboxylic acids is 2. The second kappa shape index (κ2) is 14.1. The first-order valence-corrected chi connectivity index (χ1v) is 14.7. The fourth-order valence-corrected chi connectivity index (χ4v) is 5.64. The van der Waals surface area contributed by atoms with Gasteiger partial charge in [-0.05, 0) is 67.5 Å². The highest BCUT2D eigenvalue weighted by Crippen LogP contribution is 2.30. The number of piperidine rings is 1. The molecule has 2 aliphatic heterocycles. The predicted octanol–water partition coefficient (Wildman–Crippen LogP) is 5.16. The molecule has 2 heterocycles. The van der Waals surface area contributed by atoms with Crippen LogP contribution in [0.1, 0.15) is 34.3 Å². The molecule has 41 heavy (non-hydrogen) atoms. The molecule has 0 spiro atoms. The van der Waals surface area contributed by atoms with E-state index in [9.17, 15) is 9.59 Å². The van der Waals surface area contributed by atoms with Crippen LogP contribution in [0.25, 0.3) is 0 Å². The van der Waals surface area contributed by atoms with Gasteiger partial charge in [-0.2, -0.15) is 0 Å². The van der Waals surface area contributed by atoms with Crippen LogP contribution in [-0.4, -0.2) is 69.3 Å². The lowest BCUT2D eigenvalue weighted by Gasteiger charge is -2.35. The summed E-state index contributed by atoms with van der Waals surface area (Å²) < 4.78 is 5.43. The second-order valence-corrected chi connectivity index (χ2v) is 11.0. The average Bonchev–Trinajstić information content (AvgIpc) is 3.00. The molecule has 2 fully saturated rings. The van der Waals surface area contributed by atoms with Crippen molar-refractivity contribution in [3.8, 4) is 0 Å². The van der Waals surface area contributed by atoms with Crippen LogP contribution in [0.15, 0.2) is 72.8 Å². The molecule has 0 aliphatic carbocycles. The summed E-state index contributed by atoms with van der Waals surface area (Å²) in [5.74, 6) is 0.508. The van der Waals surface area contributed by atoms with Crippen molar-refractivity contribution in [2.45, 2.75) is 26.2 Å². The fourth-order valence-electron chi connectivity index (χ4n) is 5.64. The Morgan fingerprint density at radius 1 is 0.878 bits per heavy atom. The molecule has 3 amide bonds. The quantitative estimate of drug-likeness (QED) is 0.340. The smallest absolute Gasteiger partial charge is 0.323 e. The third-order valence-electron chi connectivity index (χ3n) is 8.03. The van der Waals surface area contributed by atoms with Gasteiger partial charge in [-0.15, -0.1) is 0 Å². The van der Waals surface area contributed by atoms with E-state index in [0.29, 0.717) is 23.7 Å². The van der Waals surface area contributed by atoms with E-state index in [-0.39, 0.29) is 11.9 Å². The number of urea groups is 1. The summed E-state index contributed by atoms with van der Waals surface area (Å²) in [6, 6.07) is 23.6. The van der Waals surface area contributed by atoms with Gasteiger partial charge in [0.25, 0.3) is 5.91 Å². The zero-order valence-electron chi connectivity index (χ0n) is 23.9. The molecule has 216 valence electrons. The van der Waals surface area contributed by atoms with E-state index in [1.165, 1.54) is 5.56 Å². The number of nitrogens with zero attached hydrogens (tertiary/aromatic N) is 2. The van der Waals surface area contributed by atoms with Gasteiger partial charge in [0, 0.05) is 56.3 Å². The highest BCUT2D eigenvalue weighted by molar-refractivity contribution is 6.04. The lowest BCUT2D eigenvalue weighted by Crippen LogP contribution is -2.41. The van der Waals surface area contributed by atoms with Crippen molar-refractivity contribution in [3.05, 3.63) is 89.5 Å². The van der Waals surface area contributed by atoms with Crippen molar-refractivity contribution in [2.24, 2.45) is 5.92 Å². The molecule has 0 aromatic heterocycles. The largest absolute Gasteiger partial charge is 0.379 e. The van der Waals surface area contributed by atoms with Crippen LogP contribution in [-0.2, 0) is 11.2 Å². The van der Waals surface area contributed by atoms with Crippen molar-refractivity contribution in [1.82, 2.24) is 10.2 Å². The standard InChI is InChI=1S/C33H41N5O3/c1-25-7-5-6-10-30(25)36-33(40)35-28-11-12-31(29(24-28)32(39)34-15-18-37-19-21-41-22-20-37)38-16-13-27(14-17-38)23-26-8-3-2-4-9-26/h2-12,24,27H,13-23H2,1H3,(H,34,39)(H2,35,36,40). The summed E-state index contributed by atoms with van der Waals surface area (Å²) >= 11 is 0. The SMILES string of the molecule is Cc1ccccc1NC(=O)Nc1ccc(N2CCC(Cc3ccccc3)CC2)c(C(=O)NCCN2CCOCC2)c1. The Bertz CT molecular complexity index is 1300. The van der Waals surface area contributed by atoms with E-state index >= 15 is 0 Å². The van der Waals surface area contributed by atoms with Crippen LogP contribution >= 0.6 is 0 Å². The van der Waals surface area contributed by atoms with Gasteiger partial charge in [-0.3, -0.25) is 9.69 Å². The molecule has 0 saturated carbocycles. The first-order valence-electron chi connectivity index (χ1n) is 14.7. The lowest BCUT2D eigenvalue weighted by molar-refractivity contribution is 0.0383. The van der Waals surface area contributed by atoms with E-state index in [1.807, 2.05) is 43.3 Å². The van der Waals surface area contributed by atoms with Gasteiger partial charge in [0.05, 0.1) is 18.8 Å². The fraction of sp³-hybridized carbons (Fsp3) is 0.394. The number of benzene rings is 3. The van der Waals surface area contributed by atoms with Crippen LogP contribution in [0.3, 0.4) is 0 Å². The monoisotopic (exact) mass is 555 g/mol. The normalized spacial score (nSPS) is 16.3. The molecule has 0 bridgehead atoms. The minimum absolute atomic E-state index is 0.123. The van der Waals surface area contributed by atoms with Gasteiger partial charge >= 0.3 is 6.03 Å². The maximum Gasteiger partial charge on any atom is 0.323 e. The predicted molar refractivity (Wildman–Crippen MR) is 165 cm³/mol. The summed E-state index contributed by atoms with van der Waals surface area (Å²) in [6.45, 7) is 8.32. The molecule has 2 aliphatic rings. The number of rotatable bonds is 9. The number of ether oxygens (including phenoxy) is 1. The number of amides is 3. The minimum Gasteiger partial charge on any atom is -0.379 e. The average molecular weight is 556 g/mol. The van der Waals surface area contributed by atoms with Gasteiger partial charge in [-0.1, -0.05) is 48.5 Å². The van der Waals surface area contributed by atoms with E-state index in [4.69, 9.17) is 4.74 Å². The Labute approximate surface area is 243 Å². The summed E-state index contributed by atoms with van der Waals surface area (Å²) in [5.41, 5.74) is 5.19. The molecule has 0 atom stereocenters. The molecule has 0 unspecified atom stereocenters. The number of hydrogen-bond acceptors (Lipinski definition) is 5. The van der Waals surface area contributed by atoms with Crippen molar-refractivity contribution in [1.29, 1.82) is 0 Å². The zero-order valence-corrected chi connectivity index (χ0v) is 23.9. The maximum atomic E-state index is 13.5. The Balaban J connectivity index is 1.26. The van der Waals surface area contributed by atoms with Crippen molar-refractivity contribution in [3.63, 3.8) is 0 Å². The summed E-state index contributed by atoms with van der Waals surface area (Å²) in [7, 11) is 0. The molecule has 8 heteroatoms. The number of hydrogen-bond donors (Lipinski definition) is 3. The van der Waals surface area contributed by atoms with Crippen LogP contribution in [0.5, 0.6) is 0 Å². The molecule has 8 nitrogen and oxygen atoms in total. The maximum absolute atomic E-state index is 13.5. The van der Waals surface area contributed by atoms with Gasteiger partial charge in [-0.25, -0.2) is 4.79 Å². The molecular formula is C33H41N5O3. The van der Waals surface area contributed by atoms with Crippen LogP contribution < -0.4 is 20.9 Å². The molecule has 0 radical (unpaired) electrons. The molecule has 3 aromatic carbocycles. The summed E-state index contributed by atoms with van der Waals surface area (Å²) in [4.78, 5) is 30.9. The number of nitrogens with one attached hydrogen (secondary N) is 3. The highest BCUT2D eigenvalue weighted by atomic mass is 16.5. The summed E-state index contributed by atoms with van der Waals surface area (Å²) in [5, 5.41) is 8.94. The van der Waals surface area contributed by atoms with E-state index in [0.717, 1.165) is 82.1 Å². The molecule has 2 saturated heterocycles. The highest BCUT2D eigenvalue weighted by Gasteiger charge is 2.24. The molecule has 3 N–H and O–H groups in total. The van der Waals surface area contributed by atoms with Gasteiger partial charge in [0.2, 0.25) is 0 Å². The lowest BCUT2D eigenvalue weighted by atomic mass is 9.89. The van der Waals surface area contributed by atoms with Crippen molar-refractivity contribution < 1.29 is 14.3 Å². The van der Waals surface area contributed by atoms with E-state index in [2.05, 4.69) is 56.1 Å². The number of morpholine rings is 1. The van der Waals surface area contributed by atoms with Crippen molar-refractivity contribution >= 4 is 29.0 Å². The Kier molecular flexibility index (Phi) is 9.88. The topological polar surface area (TPSA) is 85.9 Å².